The van der Waals surface area contributed by atoms with Gasteiger partial charge in [0.2, 0.25) is 0 Å². The summed E-state index contributed by atoms with van der Waals surface area (Å²) in [4.78, 5) is 10.5. The van der Waals surface area contributed by atoms with Crippen molar-refractivity contribution in [3.63, 3.8) is 0 Å². The molecule has 0 aliphatic carbocycles. The monoisotopic (exact) mass is 186 g/mol. The molecule has 0 spiro atoms. The molecule has 0 radical (unpaired) electrons. The molecule has 1 atom stereocenters. The molecule has 0 amide bonds. The number of carboxylic acid groups (broad SMARTS) is 1. The first-order valence-electron chi connectivity index (χ1n) is 3.61. The normalized spacial score (nSPS) is 14.1. The van der Waals surface area contributed by atoms with Gasteiger partial charge in [-0.15, -0.1) is 10.2 Å². The van der Waals surface area contributed by atoms with E-state index < -0.39 is 17.5 Å². The Hall–Kier alpha value is -1.50. The number of hydrogen-bond donors (Lipinski definition) is 3. The van der Waals surface area contributed by atoms with E-state index in [1.165, 1.54) is 13.8 Å². The Labute approximate surface area is 73.8 Å². The molecule has 72 valence electrons. The SMILES string of the molecule is CC(C)(c1nn[nH]n1)C(O)C(=O)O. The molecule has 1 rings (SSSR count). The van der Waals surface area contributed by atoms with E-state index in [4.69, 9.17) is 5.11 Å². The standard InChI is InChI=1S/C6H10N4O3/c1-6(2,3(11)4(12)13)5-7-9-10-8-5/h3,11H,1-2H3,(H,12,13)(H,7,8,9,10). The van der Waals surface area contributed by atoms with E-state index in [2.05, 4.69) is 20.6 Å². The average Bonchev–Trinajstić information content (AvgIpc) is 2.54. The number of nitrogens with one attached hydrogen (secondary N) is 1. The van der Waals surface area contributed by atoms with E-state index in [1.54, 1.807) is 0 Å². The van der Waals surface area contributed by atoms with Gasteiger partial charge < -0.3 is 10.2 Å². The summed E-state index contributed by atoms with van der Waals surface area (Å²) >= 11 is 0. The highest BCUT2D eigenvalue weighted by Crippen LogP contribution is 2.22. The second kappa shape index (κ2) is 3.09. The third-order valence-corrected chi connectivity index (χ3v) is 1.84. The van der Waals surface area contributed by atoms with Gasteiger partial charge in [-0.25, -0.2) is 4.79 Å². The molecule has 1 heterocycles. The van der Waals surface area contributed by atoms with Crippen LogP contribution in [0.25, 0.3) is 0 Å². The molecule has 1 unspecified atom stereocenters. The average molecular weight is 186 g/mol. The first-order valence-corrected chi connectivity index (χ1v) is 3.61. The summed E-state index contributed by atoms with van der Waals surface area (Å²) < 4.78 is 0. The van der Waals surface area contributed by atoms with Crippen molar-refractivity contribution < 1.29 is 15.0 Å². The Morgan fingerprint density at radius 3 is 2.62 bits per heavy atom. The van der Waals surface area contributed by atoms with E-state index >= 15 is 0 Å². The zero-order valence-corrected chi connectivity index (χ0v) is 7.22. The molecule has 0 saturated heterocycles. The van der Waals surface area contributed by atoms with E-state index in [0.717, 1.165) is 0 Å². The van der Waals surface area contributed by atoms with Crippen molar-refractivity contribution >= 4 is 5.97 Å². The van der Waals surface area contributed by atoms with Gasteiger partial charge in [-0.2, -0.15) is 5.21 Å². The Morgan fingerprint density at radius 1 is 1.62 bits per heavy atom. The quantitative estimate of drug-likeness (QED) is 0.553. The van der Waals surface area contributed by atoms with E-state index in [0.29, 0.717) is 0 Å². The van der Waals surface area contributed by atoms with Crippen LogP contribution in [0.2, 0.25) is 0 Å². The maximum atomic E-state index is 10.5. The number of H-pyrrole nitrogens is 1. The lowest BCUT2D eigenvalue weighted by Gasteiger charge is -2.23. The number of aliphatic hydroxyl groups is 1. The number of tetrazole rings is 1. The lowest BCUT2D eigenvalue weighted by molar-refractivity contribution is -0.150. The zero-order valence-electron chi connectivity index (χ0n) is 7.22. The Morgan fingerprint density at radius 2 is 2.23 bits per heavy atom. The second-order valence-corrected chi connectivity index (χ2v) is 3.20. The van der Waals surface area contributed by atoms with Gasteiger partial charge in [0.25, 0.3) is 0 Å². The van der Waals surface area contributed by atoms with Crippen molar-refractivity contribution in [2.45, 2.75) is 25.4 Å². The number of carbonyl (C=O) groups is 1. The van der Waals surface area contributed by atoms with Crippen LogP contribution in [0.15, 0.2) is 0 Å². The highest BCUT2D eigenvalue weighted by Gasteiger charge is 2.38. The Bertz CT molecular complexity index is 295. The van der Waals surface area contributed by atoms with Crippen molar-refractivity contribution in [1.29, 1.82) is 0 Å². The molecule has 0 aliphatic heterocycles. The first-order chi connectivity index (χ1) is 5.96. The molecule has 0 aromatic carbocycles. The first kappa shape index (κ1) is 9.59. The molecular weight excluding hydrogens is 176 g/mol. The fourth-order valence-electron chi connectivity index (χ4n) is 0.866. The number of hydrogen-bond acceptors (Lipinski definition) is 5. The number of carboxylic acids is 1. The smallest absolute Gasteiger partial charge is 0.333 e. The molecule has 0 aliphatic rings. The summed E-state index contributed by atoms with van der Waals surface area (Å²) in [5.41, 5.74) is -1.06. The molecule has 7 heteroatoms. The highest BCUT2D eigenvalue weighted by molar-refractivity contribution is 5.74. The predicted octanol–water partition coefficient (Wildman–Crippen LogP) is -1.08. The van der Waals surface area contributed by atoms with Crippen LogP contribution in [0.1, 0.15) is 19.7 Å². The van der Waals surface area contributed by atoms with Gasteiger partial charge in [0, 0.05) is 0 Å². The van der Waals surface area contributed by atoms with Gasteiger partial charge >= 0.3 is 5.97 Å². The third kappa shape index (κ3) is 1.64. The van der Waals surface area contributed by atoms with E-state index in [9.17, 15) is 9.90 Å². The molecule has 13 heavy (non-hydrogen) atoms. The molecule has 0 fully saturated rings. The van der Waals surface area contributed by atoms with Gasteiger partial charge in [-0.1, -0.05) is 5.21 Å². The van der Waals surface area contributed by atoms with Crippen LogP contribution in [0.4, 0.5) is 0 Å². The summed E-state index contributed by atoms with van der Waals surface area (Å²) in [7, 11) is 0. The summed E-state index contributed by atoms with van der Waals surface area (Å²) in [6.07, 6.45) is -1.55. The van der Waals surface area contributed by atoms with Crippen molar-refractivity contribution in [2.75, 3.05) is 0 Å². The fraction of sp³-hybridized carbons (Fsp3) is 0.667. The topological polar surface area (TPSA) is 112 Å². The Balaban J connectivity index is 2.95. The molecular formula is C6H10N4O3. The van der Waals surface area contributed by atoms with Gasteiger partial charge in [-0.05, 0) is 13.8 Å². The summed E-state index contributed by atoms with van der Waals surface area (Å²) in [5.74, 6) is -1.14. The van der Waals surface area contributed by atoms with Crippen LogP contribution in [-0.2, 0) is 10.2 Å². The number of aliphatic carboxylic acids is 1. The van der Waals surface area contributed by atoms with Gasteiger partial charge in [-0.3, -0.25) is 0 Å². The summed E-state index contributed by atoms with van der Waals surface area (Å²) in [6.45, 7) is 3.05. The van der Waals surface area contributed by atoms with Crippen LogP contribution < -0.4 is 0 Å². The third-order valence-electron chi connectivity index (χ3n) is 1.84. The fourth-order valence-corrected chi connectivity index (χ4v) is 0.866. The van der Waals surface area contributed by atoms with Gasteiger partial charge in [0.15, 0.2) is 11.9 Å². The highest BCUT2D eigenvalue weighted by atomic mass is 16.4. The van der Waals surface area contributed by atoms with Crippen LogP contribution >= 0.6 is 0 Å². The number of aromatic amines is 1. The Kier molecular flexibility index (Phi) is 2.28. The van der Waals surface area contributed by atoms with Gasteiger partial charge in [0.05, 0.1) is 5.41 Å². The lowest BCUT2D eigenvalue weighted by Crippen LogP contribution is -2.40. The van der Waals surface area contributed by atoms with Crippen LogP contribution in [0.5, 0.6) is 0 Å². The van der Waals surface area contributed by atoms with E-state index in [1.807, 2.05) is 0 Å². The van der Waals surface area contributed by atoms with Gasteiger partial charge in [0.1, 0.15) is 0 Å². The molecule has 1 aromatic heterocycles. The van der Waals surface area contributed by atoms with Crippen LogP contribution in [0, 0.1) is 0 Å². The summed E-state index contributed by atoms with van der Waals surface area (Å²) in [6, 6.07) is 0. The predicted molar refractivity (Wildman–Crippen MR) is 40.8 cm³/mol. The largest absolute Gasteiger partial charge is 0.479 e. The van der Waals surface area contributed by atoms with Crippen molar-refractivity contribution in [3.8, 4) is 0 Å². The van der Waals surface area contributed by atoms with Crippen molar-refractivity contribution in [1.82, 2.24) is 20.6 Å². The van der Waals surface area contributed by atoms with E-state index in [-0.39, 0.29) is 5.82 Å². The minimum absolute atomic E-state index is 0.169. The molecule has 0 bridgehead atoms. The number of rotatable bonds is 3. The summed E-state index contributed by atoms with van der Waals surface area (Å²) in [5, 5.41) is 30.6. The van der Waals surface area contributed by atoms with Crippen molar-refractivity contribution in [3.05, 3.63) is 5.82 Å². The molecule has 3 N–H and O–H groups in total. The van der Waals surface area contributed by atoms with Crippen molar-refractivity contribution in [2.24, 2.45) is 0 Å². The molecule has 7 nitrogen and oxygen atoms in total. The maximum Gasteiger partial charge on any atom is 0.333 e. The second-order valence-electron chi connectivity index (χ2n) is 3.20. The molecule has 0 saturated carbocycles. The minimum atomic E-state index is -1.55. The number of aromatic nitrogens is 4. The number of aliphatic hydroxyl groups excluding tert-OH is 1. The molecule has 1 aromatic rings. The van der Waals surface area contributed by atoms with Crippen LogP contribution in [0.3, 0.4) is 0 Å². The minimum Gasteiger partial charge on any atom is -0.479 e. The zero-order chi connectivity index (χ0) is 10.1. The lowest BCUT2D eigenvalue weighted by atomic mass is 9.86. The maximum absolute atomic E-state index is 10.5. The number of nitrogens with zero attached hydrogens (tertiary/aromatic N) is 3. The van der Waals surface area contributed by atoms with Crippen LogP contribution in [-0.4, -0.2) is 42.9 Å².